The zero-order valence-corrected chi connectivity index (χ0v) is 11.7. The van der Waals surface area contributed by atoms with Crippen LogP contribution in [0.3, 0.4) is 0 Å². The number of nitriles is 1. The van der Waals surface area contributed by atoms with E-state index in [2.05, 4.69) is 4.72 Å². The summed E-state index contributed by atoms with van der Waals surface area (Å²) in [5, 5.41) is 8.91. The second kappa shape index (κ2) is 5.87. The second-order valence-corrected chi connectivity index (χ2v) is 6.58. The summed E-state index contributed by atoms with van der Waals surface area (Å²) >= 11 is 0. The first kappa shape index (κ1) is 14.9. The molecule has 5 nitrogen and oxygen atoms in total. The fourth-order valence-electron chi connectivity index (χ4n) is 2.41. The van der Waals surface area contributed by atoms with Gasteiger partial charge in [-0.1, -0.05) is 18.9 Å². The summed E-state index contributed by atoms with van der Waals surface area (Å²) in [5.74, 6) is -0.844. The summed E-state index contributed by atoms with van der Waals surface area (Å²) < 4.78 is 40.6. The third-order valence-electron chi connectivity index (χ3n) is 3.50. The highest BCUT2D eigenvalue weighted by atomic mass is 32.2. The lowest BCUT2D eigenvalue weighted by Gasteiger charge is -2.29. The van der Waals surface area contributed by atoms with Gasteiger partial charge in [0.1, 0.15) is 22.3 Å². The lowest BCUT2D eigenvalue weighted by Crippen LogP contribution is -2.49. The van der Waals surface area contributed by atoms with E-state index < -0.39 is 21.4 Å². The Morgan fingerprint density at radius 3 is 2.70 bits per heavy atom. The van der Waals surface area contributed by atoms with E-state index in [4.69, 9.17) is 11.0 Å². The number of sulfonamides is 1. The molecule has 1 aromatic carbocycles. The smallest absolute Gasteiger partial charge is 0.242 e. The summed E-state index contributed by atoms with van der Waals surface area (Å²) in [6, 6.07) is 4.52. The summed E-state index contributed by atoms with van der Waals surface area (Å²) in [4.78, 5) is -0.335. The maximum Gasteiger partial charge on any atom is 0.242 e. The number of halogens is 1. The van der Waals surface area contributed by atoms with Gasteiger partial charge in [0.2, 0.25) is 10.0 Å². The molecule has 7 heteroatoms. The Balaban J connectivity index is 2.32. The molecule has 1 aliphatic rings. The van der Waals surface area contributed by atoms with Crippen molar-refractivity contribution in [3.05, 3.63) is 29.6 Å². The largest absolute Gasteiger partial charge is 0.326 e. The van der Waals surface area contributed by atoms with Gasteiger partial charge < -0.3 is 5.73 Å². The van der Waals surface area contributed by atoms with E-state index >= 15 is 0 Å². The van der Waals surface area contributed by atoms with E-state index in [0.29, 0.717) is 6.42 Å². The quantitative estimate of drug-likeness (QED) is 0.877. The molecule has 0 spiro atoms. The van der Waals surface area contributed by atoms with Crippen molar-refractivity contribution in [2.45, 2.75) is 42.7 Å². The molecule has 0 unspecified atom stereocenters. The average molecular weight is 297 g/mol. The van der Waals surface area contributed by atoms with Crippen LogP contribution in [0.5, 0.6) is 0 Å². The highest BCUT2D eigenvalue weighted by Crippen LogP contribution is 2.22. The normalized spacial score (nSPS) is 23.2. The molecule has 0 saturated heterocycles. The molecule has 1 saturated carbocycles. The zero-order chi connectivity index (χ0) is 14.8. The molecule has 1 aromatic rings. The van der Waals surface area contributed by atoms with Crippen molar-refractivity contribution in [2.24, 2.45) is 5.73 Å². The van der Waals surface area contributed by atoms with E-state index in [-0.39, 0.29) is 17.0 Å². The number of nitrogens with two attached hydrogens (primary N) is 1. The van der Waals surface area contributed by atoms with Gasteiger partial charge in [0, 0.05) is 12.1 Å². The monoisotopic (exact) mass is 297 g/mol. The van der Waals surface area contributed by atoms with Crippen LogP contribution < -0.4 is 10.5 Å². The van der Waals surface area contributed by atoms with Crippen molar-refractivity contribution in [1.29, 1.82) is 5.26 Å². The van der Waals surface area contributed by atoms with Crippen LogP contribution in [0.4, 0.5) is 4.39 Å². The Labute approximate surface area is 117 Å². The summed E-state index contributed by atoms with van der Waals surface area (Å²) in [6.45, 7) is 0. The van der Waals surface area contributed by atoms with E-state index in [1.54, 1.807) is 6.07 Å². The lowest BCUT2D eigenvalue weighted by atomic mass is 9.92. The van der Waals surface area contributed by atoms with E-state index in [1.807, 2.05) is 0 Å². The molecule has 20 heavy (non-hydrogen) atoms. The number of hydrogen-bond donors (Lipinski definition) is 2. The molecular formula is C13H16FN3O2S. The first-order valence-corrected chi connectivity index (χ1v) is 7.90. The minimum absolute atomic E-state index is 0.252. The molecule has 0 amide bonds. The molecule has 0 bridgehead atoms. The molecule has 108 valence electrons. The third-order valence-corrected chi connectivity index (χ3v) is 5.03. The fraction of sp³-hybridized carbons (Fsp3) is 0.462. The Bertz CT molecular complexity index is 640. The summed E-state index contributed by atoms with van der Waals surface area (Å²) in [5.41, 5.74) is 5.43. The Hall–Kier alpha value is -1.49. The summed E-state index contributed by atoms with van der Waals surface area (Å²) in [6.07, 6.45) is 3.27. The van der Waals surface area contributed by atoms with Crippen LogP contribution in [0.1, 0.15) is 31.2 Å². The maximum atomic E-state index is 13.5. The Morgan fingerprint density at radius 1 is 1.35 bits per heavy atom. The van der Waals surface area contributed by atoms with Crippen LogP contribution in [-0.2, 0) is 10.0 Å². The zero-order valence-electron chi connectivity index (χ0n) is 10.8. The number of nitrogens with one attached hydrogen (secondary N) is 1. The van der Waals surface area contributed by atoms with Crippen molar-refractivity contribution >= 4 is 10.0 Å². The van der Waals surface area contributed by atoms with Crippen LogP contribution in [0.25, 0.3) is 0 Å². The van der Waals surface area contributed by atoms with Crippen molar-refractivity contribution in [3.63, 3.8) is 0 Å². The van der Waals surface area contributed by atoms with Crippen molar-refractivity contribution in [3.8, 4) is 6.07 Å². The maximum absolute atomic E-state index is 13.5. The van der Waals surface area contributed by atoms with Gasteiger partial charge in [0.25, 0.3) is 0 Å². The van der Waals surface area contributed by atoms with Gasteiger partial charge in [0.05, 0.1) is 0 Å². The highest BCUT2D eigenvalue weighted by Gasteiger charge is 2.29. The molecular weight excluding hydrogens is 281 g/mol. The van der Waals surface area contributed by atoms with Gasteiger partial charge in [-0.2, -0.15) is 5.26 Å². The minimum atomic E-state index is -3.95. The first-order valence-electron chi connectivity index (χ1n) is 6.42. The predicted octanol–water partition coefficient (Wildman–Crippen LogP) is 1.25. The minimum Gasteiger partial charge on any atom is -0.326 e. The van der Waals surface area contributed by atoms with Crippen LogP contribution in [0, 0.1) is 17.1 Å². The van der Waals surface area contributed by atoms with Crippen molar-refractivity contribution in [2.75, 3.05) is 0 Å². The SMILES string of the molecule is N#Cc1c(F)cccc1S(=O)(=O)N[C@@H]1CCCC[C@H]1N. The number of benzene rings is 1. The average Bonchev–Trinajstić information content (AvgIpc) is 2.41. The Morgan fingerprint density at radius 2 is 2.05 bits per heavy atom. The Kier molecular flexibility index (Phi) is 4.38. The summed E-state index contributed by atoms with van der Waals surface area (Å²) in [7, 11) is -3.95. The number of hydrogen-bond acceptors (Lipinski definition) is 4. The molecule has 0 radical (unpaired) electrons. The van der Waals surface area contributed by atoms with E-state index in [0.717, 1.165) is 25.3 Å². The van der Waals surface area contributed by atoms with Gasteiger partial charge in [-0.3, -0.25) is 0 Å². The predicted molar refractivity (Wildman–Crippen MR) is 71.7 cm³/mol. The van der Waals surface area contributed by atoms with E-state index in [1.165, 1.54) is 12.1 Å². The van der Waals surface area contributed by atoms with Gasteiger partial charge in [0.15, 0.2) is 0 Å². The second-order valence-electron chi connectivity index (χ2n) is 4.90. The highest BCUT2D eigenvalue weighted by molar-refractivity contribution is 7.89. The van der Waals surface area contributed by atoms with E-state index in [9.17, 15) is 12.8 Å². The van der Waals surface area contributed by atoms with Gasteiger partial charge >= 0.3 is 0 Å². The van der Waals surface area contributed by atoms with Crippen molar-refractivity contribution in [1.82, 2.24) is 4.72 Å². The van der Waals surface area contributed by atoms with Crippen LogP contribution in [-0.4, -0.2) is 20.5 Å². The number of rotatable bonds is 3. The molecule has 2 atom stereocenters. The molecule has 2 rings (SSSR count). The van der Waals surface area contributed by atoms with Gasteiger partial charge in [-0.25, -0.2) is 17.5 Å². The molecule has 1 aliphatic carbocycles. The number of nitrogens with zero attached hydrogens (tertiary/aromatic N) is 1. The van der Waals surface area contributed by atoms with Gasteiger partial charge in [-0.15, -0.1) is 0 Å². The van der Waals surface area contributed by atoms with Gasteiger partial charge in [-0.05, 0) is 25.0 Å². The fourth-order valence-corrected chi connectivity index (χ4v) is 3.89. The molecule has 0 aromatic heterocycles. The standard InChI is InChI=1S/C13H16FN3O2S/c14-10-4-3-7-13(9(10)8-15)20(18,19)17-12-6-2-1-5-11(12)16/h3-4,7,11-12,17H,1-2,5-6,16H2/t11-,12-/m1/s1. The molecule has 0 heterocycles. The molecule has 3 N–H and O–H groups in total. The molecule has 1 fully saturated rings. The lowest BCUT2D eigenvalue weighted by molar-refractivity contribution is 0.361. The van der Waals surface area contributed by atoms with Crippen LogP contribution in [0.15, 0.2) is 23.1 Å². The third kappa shape index (κ3) is 2.98. The first-order chi connectivity index (χ1) is 9.45. The van der Waals surface area contributed by atoms with Crippen LogP contribution in [0.2, 0.25) is 0 Å². The van der Waals surface area contributed by atoms with Crippen molar-refractivity contribution < 1.29 is 12.8 Å². The topological polar surface area (TPSA) is 96.0 Å². The molecule has 0 aliphatic heterocycles. The van der Waals surface area contributed by atoms with Crippen LogP contribution >= 0.6 is 0 Å².